The van der Waals surface area contributed by atoms with E-state index in [9.17, 15) is 9.59 Å². The van der Waals surface area contributed by atoms with Crippen LogP contribution in [0.5, 0.6) is 0 Å². The molecule has 25 heavy (non-hydrogen) atoms. The van der Waals surface area contributed by atoms with Crippen LogP contribution in [0.15, 0.2) is 0 Å². The van der Waals surface area contributed by atoms with Gasteiger partial charge in [-0.1, -0.05) is 79.1 Å². The minimum absolute atomic E-state index is 0.263. The fourth-order valence-electron chi connectivity index (χ4n) is 2.61. The third kappa shape index (κ3) is 19.1. The molecule has 0 aliphatic rings. The molecule has 0 amide bonds. The molecule has 0 radical (unpaired) electrons. The molecule has 4 nitrogen and oxygen atoms in total. The van der Waals surface area contributed by atoms with Crippen molar-refractivity contribution in [1.82, 2.24) is 0 Å². The summed E-state index contributed by atoms with van der Waals surface area (Å²) in [5, 5.41) is 0. The minimum Gasteiger partial charge on any atom is -0.465 e. The second-order valence-electron chi connectivity index (χ2n) is 7.81. The summed E-state index contributed by atoms with van der Waals surface area (Å²) in [4.78, 5) is 23.1. The van der Waals surface area contributed by atoms with Gasteiger partial charge in [0, 0.05) is 0 Å². The number of esters is 2. The summed E-state index contributed by atoms with van der Waals surface area (Å²) >= 11 is 0. The quantitative estimate of drug-likeness (QED) is 0.203. The molecule has 0 unspecified atom stereocenters. The maximum absolute atomic E-state index is 11.5. The van der Waals surface area contributed by atoms with Crippen molar-refractivity contribution in [3.8, 4) is 0 Å². The molecule has 0 heterocycles. The van der Waals surface area contributed by atoms with Crippen molar-refractivity contribution in [3.05, 3.63) is 0 Å². The van der Waals surface area contributed by atoms with Gasteiger partial charge in [0.05, 0.1) is 13.2 Å². The van der Waals surface area contributed by atoms with Gasteiger partial charge in [0.15, 0.2) is 0 Å². The zero-order chi connectivity index (χ0) is 18.9. The molecule has 0 aliphatic carbocycles. The number of rotatable bonds is 16. The van der Waals surface area contributed by atoms with Gasteiger partial charge in [-0.15, -0.1) is 0 Å². The number of carbonyl (C=O) groups excluding carboxylic acids is 2. The summed E-state index contributed by atoms with van der Waals surface area (Å²) in [5.74, 6) is 0.570. The van der Waals surface area contributed by atoms with Crippen LogP contribution in [0.25, 0.3) is 0 Å². The molecule has 0 aliphatic heterocycles. The van der Waals surface area contributed by atoms with Crippen LogP contribution in [0.4, 0.5) is 0 Å². The molecular weight excluding hydrogens is 316 g/mol. The van der Waals surface area contributed by atoms with E-state index < -0.39 is 11.9 Å². The maximum atomic E-state index is 11.5. The first-order valence-electron chi connectivity index (χ1n) is 10.2. The molecule has 0 bridgehead atoms. The van der Waals surface area contributed by atoms with Crippen LogP contribution < -0.4 is 0 Å². The van der Waals surface area contributed by atoms with Crippen molar-refractivity contribution >= 4 is 11.9 Å². The molecule has 148 valence electrons. The van der Waals surface area contributed by atoms with E-state index in [2.05, 4.69) is 27.7 Å². The fourth-order valence-corrected chi connectivity index (χ4v) is 2.61. The largest absolute Gasteiger partial charge is 0.465 e. The molecule has 0 rings (SSSR count). The Morgan fingerprint density at radius 2 is 0.960 bits per heavy atom. The Labute approximate surface area is 155 Å². The Bertz CT molecular complexity index is 305. The zero-order valence-electron chi connectivity index (χ0n) is 17.0. The normalized spacial score (nSPS) is 11.1. The second kappa shape index (κ2) is 16.4. The highest BCUT2D eigenvalue weighted by Gasteiger charge is 2.11. The smallest absolute Gasteiger partial charge is 0.317 e. The number of carbonyl (C=O) groups is 2. The van der Waals surface area contributed by atoms with Crippen LogP contribution in [0.3, 0.4) is 0 Å². The Morgan fingerprint density at radius 1 is 0.600 bits per heavy atom. The number of unbranched alkanes of at least 4 members (excludes halogenated alkanes) is 6. The van der Waals surface area contributed by atoms with Crippen molar-refractivity contribution in [2.75, 3.05) is 13.2 Å². The lowest BCUT2D eigenvalue weighted by Gasteiger charge is -2.07. The summed E-state index contributed by atoms with van der Waals surface area (Å²) in [6.45, 7) is 9.73. The molecular formula is C21H40O4. The van der Waals surface area contributed by atoms with Crippen molar-refractivity contribution in [2.24, 2.45) is 11.8 Å². The Balaban J connectivity index is 3.40. The van der Waals surface area contributed by atoms with Crippen LogP contribution in [-0.4, -0.2) is 25.2 Å². The van der Waals surface area contributed by atoms with E-state index >= 15 is 0 Å². The van der Waals surface area contributed by atoms with Crippen LogP contribution in [0.2, 0.25) is 0 Å². The molecule has 0 saturated heterocycles. The van der Waals surface area contributed by atoms with Gasteiger partial charge in [0.2, 0.25) is 0 Å². The van der Waals surface area contributed by atoms with Gasteiger partial charge in [-0.2, -0.15) is 0 Å². The SMILES string of the molecule is CC(C)CCCCCCOC(=O)CC(=O)OCCCCCCC(C)C. The number of hydrogen-bond donors (Lipinski definition) is 0. The average Bonchev–Trinajstić information content (AvgIpc) is 2.52. The molecule has 0 spiro atoms. The van der Waals surface area contributed by atoms with Gasteiger partial charge in [-0.25, -0.2) is 0 Å². The topological polar surface area (TPSA) is 52.6 Å². The van der Waals surface area contributed by atoms with Crippen LogP contribution in [0.1, 0.15) is 98.3 Å². The predicted molar refractivity (Wildman–Crippen MR) is 102 cm³/mol. The van der Waals surface area contributed by atoms with Gasteiger partial charge in [0.1, 0.15) is 6.42 Å². The first-order valence-corrected chi connectivity index (χ1v) is 10.2. The van der Waals surface area contributed by atoms with E-state index in [-0.39, 0.29) is 6.42 Å². The van der Waals surface area contributed by atoms with E-state index in [0.717, 1.165) is 37.5 Å². The lowest BCUT2D eigenvalue weighted by Crippen LogP contribution is -2.15. The fraction of sp³-hybridized carbons (Fsp3) is 0.905. The Morgan fingerprint density at radius 3 is 1.32 bits per heavy atom. The van der Waals surface area contributed by atoms with Gasteiger partial charge in [-0.05, 0) is 24.7 Å². The molecule has 0 aromatic rings. The molecule has 0 fully saturated rings. The maximum Gasteiger partial charge on any atom is 0.317 e. The highest BCUT2D eigenvalue weighted by atomic mass is 16.6. The van der Waals surface area contributed by atoms with E-state index in [1.54, 1.807) is 0 Å². The molecule has 0 aromatic heterocycles. The van der Waals surface area contributed by atoms with Crippen LogP contribution >= 0.6 is 0 Å². The number of hydrogen-bond acceptors (Lipinski definition) is 4. The van der Waals surface area contributed by atoms with Crippen molar-refractivity contribution in [1.29, 1.82) is 0 Å². The highest BCUT2D eigenvalue weighted by Crippen LogP contribution is 2.10. The standard InChI is InChI=1S/C21H40O4/c1-18(2)13-9-5-7-11-15-24-20(22)17-21(23)25-16-12-8-6-10-14-19(3)4/h18-19H,5-17H2,1-4H3. The lowest BCUT2D eigenvalue weighted by atomic mass is 10.0. The Kier molecular flexibility index (Phi) is 15.7. The van der Waals surface area contributed by atoms with Gasteiger partial charge >= 0.3 is 11.9 Å². The third-order valence-electron chi connectivity index (χ3n) is 4.17. The monoisotopic (exact) mass is 356 g/mol. The van der Waals surface area contributed by atoms with E-state index in [4.69, 9.17) is 9.47 Å². The van der Waals surface area contributed by atoms with E-state index in [0.29, 0.717) is 13.2 Å². The summed E-state index contributed by atoms with van der Waals surface area (Å²) in [6.07, 6.45) is 10.9. The van der Waals surface area contributed by atoms with Crippen LogP contribution in [-0.2, 0) is 19.1 Å². The molecule has 0 N–H and O–H groups in total. The average molecular weight is 357 g/mol. The van der Waals surface area contributed by atoms with Gasteiger partial charge in [0.25, 0.3) is 0 Å². The third-order valence-corrected chi connectivity index (χ3v) is 4.17. The minimum atomic E-state index is -0.468. The molecule has 0 aromatic carbocycles. The Hall–Kier alpha value is -1.06. The molecule has 0 atom stereocenters. The lowest BCUT2D eigenvalue weighted by molar-refractivity contribution is -0.154. The summed E-state index contributed by atoms with van der Waals surface area (Å²) in [7, 11) is 0. The van der Waals surface area contributed by atoms with Gasteiger partial charge in [-0.3, -0.25) is 9.59 Å². The summed E-state index contributed by atoms with van der Waals surface area (Å²) in [5.41, 5.74) is 0. The predicted octanol–water partition coefficient (Wildman–Crippen LogP) is 5.68. The highest BCUT2D eigenvalue weighted by molar-refractivity contribution is 5.91. The van der Waals surface area contributed by atoms with E-state index in [1.807, 2.05) is 0 Å². The summed E-state index contributed by atoms with van der Waals surface area (Å²) in [6, 6.07) is 0. The zero-order valence-corrected chi connectivity index (χ0v) is 17.0. The second-order valence-corrected chi connectivity index (χ2v) is 7.81. The van der Waals surface area contributed by atoms with Crippen molar-refractivity contribution in [3.63, 3.8) is 0 Å². The van der Waals surface area contributed by atoms with Crippen molar-refractivity contribution in [2.45, 2.75) is 98.3 Å². The van der Waals surface area contributed by atoms with Gasteiger partial charge < -0.3 is 9.47 Å². The van der Waals surface area contributed by atoms with E-state index in [1.165, 1.54) is 38.5 Å². The summed E-state index contributed by atoms with van der Waals surface area (Å²) < 4.78 is 10.2. The van der Waals surface area contributed by atoms with Crippen LogP contribution in [0, 0.1) is 11.8 Å². The molecule has 0 saturated carbocycles. The first-order chi connectivity index (χ1) is 11.9. The first kappa shape index (κ1) is 23.9. The van der Waals surface area contributed by atoms with Crippen molar-refractivity contribution < 1.29 is 19.1 Å². The number of ether oxygens (including phenoxy) is 2. The molecule has 4 heteroatoms.